The molecule has 7 heteroatoms. The summed E-state index contributed by atoms with van der Waals surface area (Å²) in [6.45, 7) is 0.328. The molecule has 4 rings (SSSR count). The highest BCUT2D eigenvalue weighted by atomic mass is 16.5. The topological polar surface area (TPSA) is 94.8 Å². The molecule has 3 aromatic rings. The smallest absolute Gasteiger partial charge is 0.221 e. The van der Waals surface area contributed by atoms with Crippen molar-refractivity contribution in [3.8, 4) is 0 Å². The van der Waals surface area contributed by atoms with Gasteiger partial charge in [0.05, 0.1) is 13.0 Å². The molecule has 0 bridgehead atoms. The van der Waals surface area contributed by atoms with Crippen LogP contribution in [0.15, 0.2) is 91.6 Å². The van der Waals surface area contributed by atoms with Gasteiger partial charge in [0.15, 0.2) is 12.0 Å². The SMILES string of the molecule is NC(=O)CC(OCc1ccccc1)N1C=COC1c1ccc(C(=O)c2cccnc2)cc1. The van der Waals surface area contributed by atoms with E-state index in [-0.39, 0.29) is 12.2 Å². The van der Waals surface area contributed by atoms with Gasteiger partial charge in [-0.05, 0) is 17.7 Å². The number of ether oxygens (including phenoxy) is 2. The average Bonchev–Trinajstić information content (AvgIpc) is 3.32. The number of carbonyl (C=O) groups is 2. The highest BCUT2D eigenvalue weighted by molar-refractivity contribution is 6.08. The monoisotopic (exact) mass is 429 g/mol. The number of primary amides is 1. The van der Waals surface area contributed by atoms with E-state index in [9.17, 15) is 9.59 Å². The fraction of sp³-hybridized carbons (Fsp3) is 0.160. The Morgan fingerprint density at radius 3 is 2.50 bits per heavy atom. The second kappa shape index (κ2) is 9.89. The largest absolute Gasteiger partial charge is 0.472 e. The van der Waals surface area contributed by atoms with Crippen LogP contribution in [0.1, 0.15) is 39.7 Å². The van der Waals surface area contributed by atoms with E-state index >= 15 is 0 Å². The molecule has 0 spiro atoms. The highest BCUT2D eigenvalue weighted by Crippen LogP contribution is 2.31. The maximum Gasteiger partial charge on any atom is 0.221 e. The second-order valence-corrected chi connectivity index (χ2v) is 7.34. The summed E-state index contributed by atoms with van der Waals surface area (Å²) in [7, 11) is 0. The van der Waals surface area contributed by atoms with E-state index in [1.165, 1.54) is 0 Å². The maximum absolute atomic E-state index is 12.6. The minimum absolute atomic E-state index is 0.00854. The molecule has 1 aromatic heterocycles. The van der Waals surface area contributed by atoms with Crippen LogP contribution in [0, 0.1) is 0 Å². The van der Waals surface area contributed by atoms with Crippen molar-refractivity contribution in [1.29, 1.82) is 0 Å². The Hall–Kier alpha value is -3.97. The number of amides is 1. The number of ketones is 1. The molecule has 7 nitrogen and oxygen atoms in total. The number of rotatable bonds is 9. The molecule has 2 N–H and O–H groups in total. The van der Waals surface area contributed by atoms with Crippen molar-refractivity contribution in [2.45, 2.75) is 25.5 Å². The van der Waals surface area contributed by atoms with Crippen LogP contribution in [-0.2, 0) is 20.9 Å². The minimum atomic E-state index is -0.604. The molecule has 0 saturated carbocycles. The van der Waals surface area contributed by atoms with Gasteiger partial charge in [-0.1, -0.05) is 54.6 Å². The Labute approximate surface area is 186 Å². The van der Waals surface area contributed by atoms with Gasteiger partial charge in [0.25, 0.3) is 0 Å². The van der Waals surface area contributed by atoms with Crippen molar-refractivity contribution < 1.29 is 19.1 Å². The fourth-order valence-corrected chi connectivity index (χ4v) is 3.48. The summed E-state index contributed by atoms with van der Waals surface area (Å²) in [6, 6.07) is 20.3. The predicted molar refractivity (Wildman–Crippen MR) is 118 cm³/mol. The van der Waals surface area contributed by atoms with Crippen molar-refractivity contribution in [2.24, 2.45) is 5.73 Å². The summed E-state index contributed by atoms with van der Waals surface area (Å²) in [5, 5.41) is 0. The van der Waals surface area contributed by atoms with Crippen molar-refractivity contribution in [1.82, 2.24) is 9.88 Å². The van der Waals surface area contributed by atoms with E-state index < -0.39 is 18.4 Å². The molecule has 2 aromatic carbocycles. The molecule has 162 valence electrons. The zero-order valence-corrected chi connectivity index (χ0v) is 17.3. The Bertz CT molecular complexity index is 1090. The van der Waals surface area contributed by atoms with Gasteiger partial charge in [-0.2, -0.15) is 0 Å². The zero-order chi connectivity index (χ0) is 22.3. The molecule has 2 atom stereocenters. The molecule has 1 amide bonds. The fourth-order valence-electron chi connectivity index (χ4n) is 3.48. The molecule has 0 saturated heterocycles. The number of benzene rings is 2. The van der Waals surface area contributed by atoms with E-state index in [4.69, 9.17) is 15.2 Å². The third kappa shape index (κ3) is 5.01. The summed E-state index contributed by atoms with van der Waals surface area (Å²) in [6.07, 6.45) is 5.36. The van der Waals surface area contributed by atoms with E-state index in [2.05, 4.69) is 4.98 Å². The van der Waals surface area contributed by atoms with Gasteiger partial charge in [-0.3, -0.25) is 14.6 Å². The molecule has 0 fully saturated rings. The normalized spacial score (nSPS) is 15.9. The number of nitrogens with zero attached hydrogens (tertiary/aromatic N) is 2. The third-order valence-corrected chi connectivity index (χ3v) is 5.09. The molecule has 0 aliphatic carbocycles. The standard InChI is InChI=1S/C25H23N3O4/c26-22(29)15-23(32-17-18-5-2-1-3-6-18)28-13-14-31-25(28)20-10-8-19(9-11-20)24(30)21-7-4-12-27-16-21/h1-14,16,23,25H,15,17H2,(H2,26,29). The lowest BCUT2D eigenvalue weighted by molar-refractivity contribution is -0.133. The second-order valence-electron chi connectivity index (χ2n) is 7.34. The lowest BCUT2D eigenvalue weighted by Gasteiger charge is -2.32. The summed E-state index contributed by atoms with van der Waals surface area (Å²) in [5.41, 5.74) is 8.35. The van der Waals surface area contributed by atoms with Gasteiger partial charge in [-0.15, -0.1) is 0 Å². The molecular weight excluding hydrogens is 406 g/mol. The van der Waals surface area contributed by atoms with Crippen LogP contribution < -0.4 is 5.73 Å². The first-order valence-corrected chi connectivity index (χ1v) is 10.2. The van der Waals surface area contributed by atoms with Crippen molar-refractivity contribution in [3.05, 3.63) is 114 Å². The highest BCUT2D eigenvalue weighted by Gasteiger charge is 2.31. The molecular formula is C25H23N3O4. The number of aromatic nitrogens is 1. The molecule has 2 heterocycles. The van der Waals surface area contributed by atoms with Crippen LogP contribution in [-0.4, -0.2) is 27.8 Å². The van der Waals surface area contributed by atoms with Crippen molar-refractivity contribution in [2.75, 3.05) is 0 Å². The number of carbonyl (C=O) groups excluding carboxylic acids is 2. The van der Waals surface area contributed by atoms with E-state index in [1.807, 2.05) is 47.4 Å². The summed E-state index contributed by atoms with van der Waals surface area (Å²) in [4.78, 5) is 30.1. The van der Waals surface area contributed by atoms with Crippen molar-refractivity contribution >= 4 is 11.7 Å². The lowest BCUT2D eigenvalue weighted by atomic mass is 10.0. The summed E-state index contributed by atoms with van der Waals surface area (Å²) < 4.78 is 11.8. The summed E-state index contributed by atoms with van der Waals surface area (Å²) in [5.74, 6) is -0.579. The van der Waals surface area contributed by atoms with Crippen LogP contribution >= 0.6 is 0 Å². The Kier molecular flexibility index (Phi) is 6.57. The quantitative estimate of drug-likeness (QED) is 0.523. The number of hydrogen-bond acceptors (Lipinski definition) is 6. The summed E-state index contributed by atoms with van der Waals surface area (Å²) >= 11 is 0. The van der Waals surface area contributed by atoms with Gasteiger partial charge in [0.2, 0.25) is 5.91 Å². The first-order valence-electron chi connectivity index (χ1n) is 10.2. The Morgan fingerprint density at radius 1 is 1.03 bits per heavy atom. The lowest BCUT2D eigenvalue weighted by Crippen LogP contribution is -2.37. The minimum Gasteiger partial charge on any atom is -0.472 e. The first kappa shape index (κ1) is 21.3. The van der Waals surface area contributed by atoms with Crippen LogP contribution in [0.4, 0.5) is 0 Å². The Morgan fingerprint density at radius 2 is 1.81 bits per heavy atom. The number of nitrogens with two attached hydrogens (primary N) is 1. The van der Waals surface area contributed by atoms with E-state index in [1.54, 1.807) is 49.1 Å². The van der Waals surface area contributed by atoms with Crippen molar-refractivity contribution in [3.63, 3.8) is 0 Å². The van der Waals surface area contributed by atoms with Gasteiger partial charge in [-0.25, -0.2) is 0 Å². The first-order chi connectivity index (χ1) is 15.6. The Balaban J connectivity index is 1.49. The van der Waals surface area contributed by atoms with Crippen LogP contribution in [0.5, 0.6) is 0 Å². The van der Waals surface area contributed by atoms with Gasteiger partial charge >= 0.3 is 0 Å². The molecule has 1 aliphatic rings. The maximum atomic E-state index is 12.6. The molecule has 0 radical (unpaired) electrons. The zero-order valence-electron chi connectivity index (χ0n) is 17.3. The number of pyridine rings is 1. The van der Waals surface area contributed by atoms with E-state index in [0.29, 0.717) is 17.7 Å². The third-order valence-electron chi connectivity index (χ3n) is 5.09. The number of hydrogen-bond donors (Lipinski definition) is 1. The average molecular weight is 429 g/mol. The van der Waals surface area contributed by atoms with Crippen LogP contribution in [0.3, 0.4) is 0 Å². The molecule has 32 heavy (non-hydrogen) atoms. The molecule has 1 aliphatic heterocycles. The van der Waals surface area contributed by atoms with E-state index in [0.717, 1.165) is 11.1 Å². The predicted octanol–water partition coefficient (Wildman–Crippen LogP) is 3.53. The molecule has 2 unspecified atom stereocenters. The van der Waals surface area contributed by atoms with Gasteiger partial charge in [0.1, 0.15) is 12.5 Å². The van der Waals surface area contributed by atoms with Crippen LogP contribution in [0.25, 0.3) is 0 Å². The van der Waals surface area contributed by atoms with Crippen LogP contribution in [0.2, 0.25) is 0 Å². The van der Waals surface area contributed by atoms with Gasteiger partial charge in [0, 0.05) is 35.3 Å². The van der Waals surface area contributed by atoms with Gasteiger partial charge < -0.3 is 20.1 Å².